The molecule has 628 valence electrons. The number of anilines is 5. The Kier molecular flexibility index (Phi) is 35.0. The third-order valence-corrected chi connectivity index (χ3v) is 28.5. The number of fused-ring (bicyclic) bond motifs is 5. The summed E-state index contributed by atoms with van der Waals surface area (Å²) >= 11 is 54.8. The van der Waals surface area contributed by atoms with Crippen LogP contribution in [-0.2, 0) is 64.8 Å². The number of hydrogen-bond acceptors (Lipinski definition) is 25. The average molecular weight is 1880 g/mol. The lowest BCUT2D eigenvalue weighted by Crippen LogP contribution is -2.24. The van der Waals surface area contributed by atoms with Crippen molar-refractivity contribution >= 4 is 240 Å². The van der Waals surface area contributed by atoms with E-state index < -0.39 is 38.8 Å². The Balaban J connectivity index is 0.000000145. The number of aryl methyl sites for hydroxylation is 3. The lowest BCUT2D eigenvalue weighted by molar-refractivity contribution is 0.428. The van der Waals surface area contributed by atoms with E-state index in [0.717, 1.165) is 140 Å². The summed E-state index contributed by atoms with van der Waals surface area (Å²) in [5, 5.41) is 24.0. The molecule has 0 bridgehead atoms. The molecule has 5 atom stereocenters. The number of halogens is 12. The smallest absolute Gasteiger partial charge is 0.131 e. The monoisotopic (exact) mass is 1880 g/mol. The van der Waals surface area contributed by atoms with E-state index in [-0.39, 0.29) is 24.8 Å². The number of nitrogens with zero attached hydrogens (tertiary/aromatic N) is 5. The van der Waals surface area contributed by atoms with Gasteiger partial charge >= 0.3 is 0 Å². The molecule has 37 heteroatoms. The standard InChI is InChI=1S/C17H19ClFN3OS.C17H19ClFN3S2.C16H16Cl2FN3OS.C16H17ClFN3S2.C15H14Cl2FN3OS/c2*1-10-14(7-11(20)4-5-19)24-17-13(8-15(18)22-16(10)17)21-9-12-3-2-6-23-12;17-13-7-11(21-8-10-2-1-5-23-10)16-15(22-13)14(18)12(24-16)6-9(20)3-4-19;1-9-13(5-10(19)7-18)23-16-12(6-14(17)21-15(9)16)20-8-11-3-2-4-22-11;16-12-5-10(20-7-9-2-1-3-22-9)15-14(21-12)13(17)11(23-15)4-8(19)6-18/h2*2-3,6,8,11H,4-5,7,9,20H2,1H3,(H,21,22);1-2,5,7,9H,3-4,6,8,20H2,(H,21,22);2-4,6,10H,5,7-8,19H2,1H3,(H,20,21);1-3,5,8H,4,6-7,19H2,(H,20,21)/t2*11-;9-;10-;8-/m00011/s1. The fourth-order valence-corrected chi connectivity index (χ4v) is 21.6. The Labute approximate surface area is 741 Å². The fourth-order valence-electron chi connectivity index (χ4n) is 12.2. The van der Waals surface area contributed by atoms with Gasteiger partial charge in [0, 0.05) is 114 Å². The molecule has 15 aromatic heterocycles. The van der Waals surface area contributed by atoms with Crippen LogP contribution < -0.4 is 55.3 Å². The average Bonchev–Trinajstić information content (AvgIpc) is 1.66. The number of hydrogen-bond donors (Lipinski definition) is 10. The maximum Gasteiger partial charge on any atom is 0.131 e. The van der Waals surface area contributed by atoms with Crippen LogP contribution in [0.5, 0.6) is 0 Å². The summed E-state index contributed by atoms with van der Waals surface area (Å²) < 4.78 is 83.7. The van der Waals surface area contributed by atoms with Gasteiger partial charge in [-0.05, 0) is 142 Å². The maximum absolute atomic E-state index is 12.7. The first kappa shape index (κ1) is 92.0. The minimum atomic E-state index is -0.595. The van der Waals surface area contributed by atoms with Crippen molar-refractivity contribution in [1.29, 1.82) is 0 Å². The van der Waals surface area contributed by atoms with Crippen LogP contribution in [-0.4, -0.2) is 88.5 Å². The Morgan fingerprint density at radius 1 is 0.347 bits per heavy atom. The molecular weight excluding hydrogens is 1800 g/mol. The second-order valence-corrected chi connectivity index (χ2v) is 37.5. The van der Waals surface area contributed by atoms with Gasteiger partial charge in [-0.3, -0.25) is 13.2 Å². The first-order valence-electron chi connectivity index (χ1n) is 37.1. The van der Waals surface area contributed by atoms with Crippen molar-refractivity contribution in [3.05, 3.63) is 224 Å². The van der Waals surface area contributed by atoms with Crippen molar-refractivity contribution in [2.45, 2.75) is 135 Å². The number of nitrogens with two attached hydrogens (primary N) is 5. The highest BCUT2D eigenvalue weighted by molar-refractivity contribution is 7.21. The van der Waals surface area contributed by atoms with Crippen molar-refractivity contribution < 1.29 is 35.2 Å². The summed E-state index contributed by atoms with van der Waals surface area (Å²) in [4.78, 5) is 29.5. The van der Waals surface area contributed by atoms with Gasteiger partial charge in [0.25, 0.3) is 0 Å². The molecule has 118 heavy (non-hydrogen) atoms. The van der Waals surface area contributed by atoms with E-state index in [4.69, 9.17) is 123 Å². The van der Waals surface area contributed by atoms with Gasteiger partial charge in [-0.2, -0.15) is 0 Å². The molecule has 0 amide bonds. The molecule has 0 aliphatic heterocycles. The van der Waals surface area contributed by atoms with Gasteiger partial charge < -0.3 is 68.5 Å². The highest BCUT2D eigenvalue weighted by Gasteiger charge is 2.24. The molecule has 0 aromatic carbocycles. The molecule has 15 rings (SSSR count). The predicted molar refractivity (Wildman–Crippen MR) is 491 cm³/mol. The van der Waals surface area contributed by atoms with Gasteiger partial charge in [-0.15, -0.1) is 79.4 Å². The first-order valence-corrected chi connectivity index (χ1v) is 45.6. The molecule has 18 nitrogen and oxygen atoms in total. The van der Waals surface area contributed by atoms with Gasteiger partial charge in [0.2, 0.25) is 0 Å². The summed E-state index contributed by atoms with van der Waals surface area (Å²) in [6.45, 7) is 6.78. The molecule has 0 unspecified atom stereocenters. The molecule has 0 aliphatic rings. The third kappa shape index (κ3) is 25.0. The minimum absolute atomic E-state index is 0.167. The minimum Gasteiger partial charge on any atom is -0.467 e. The Morgan fingerprint density at radius 2 is 0.610 bits per heavy atom. The van der Waals surface area contributed by atoms with Crippen LogP contribution in [0.3, 0.4) is 0 Å². The van der Waals surface area contributed by atoms with Crippen LogP contribution in [0.4, 0.5) is 50.4 Å². The van der Waals surface area contributed by atoms with Gasteiger partial charge in [0.05, 0.1) is 137 Å². The summed E-state index contributed by atoms with van der Waals surface area (Å²) in [6, 6.07) is 26.8. The van der Waals surface area contributed by atoms with E-state index in [0.29, 0.717) is 118 Å². The molecule has 0 aliphatic carbocycles. The fraction of sp³-hybridized carbons (Fsp3) is 0.321. The van der Waals surface area contributed by atoms with E-state index in [1.807, 2.05) is 87.5 Å². The summed E-state index contributed by atoms with van der Waals surface area (Å²) in [7, 11) is 0. The summed E-state index contributed by atoms with van der Waals surface area (Å²) in [5.74, 6) is 2.45. The van der Waals surface area contributed by atoms with Crippen molar-refractivity contribution in [3.8, 4) is 0 Å². The number of nitrogens with one attached hydrogen (secondary N) is 5. The highest BCUT2D eigenvalue weighted by atomic mass is 35.5. The summed E-state index contributed by atoms with van der Waals surface area (Å²) in [6.07, 6.45) is 8.65. The van der Waals surface area contributed by atoms with Gasteiger partial charge in [0.1, 0.15) is 67.4 Å². The zero-order chi connectivity index (χ0) is 84.1. The first-order chi connectivity index (χ1) is 56.9. The number of rotatable bonds is 33. The van der Waals surface area contributed by atoms with Crippen LogP contribution in [0.2, 0.25) is 35.8 Å². The van der Waals surface area contributed by atoms with E-state index in [1.165, 1.54) is 32.4 Å². The summed E-state index contributed by atoms with van der Waals surface area (Å²) in [5.41, 5.74) is 40.9. The second-order valence-electron chi connectivity index (χ2n) is 27.2. The molecular formula is C81H85Cl7F5N15O3S7. The van der Waals surface area contributed by atoms with E-state index in [1.54, 1.807) is 87.6 Å². The zero-order valence-corrected chi connectivity index (χ0v) is 74.9. The number of alkyl halides is 5. The van der Waals surface area contributed by atoms with E-state index >= 15 is 0 Å². The Morgan fingerprint density at radius 3 is 0.881 bits per heavy atom. The SMILES string of the molecule is Cc1c(C[C@@H](N)CCF)sc2c(NCc3ccco3)cc(Cl)nc12.Cc1c(C[C@@H](N)CCF)sc2c(NCc3cccs3)cc(Cl)nc12.Cc1c(C[C@@H](N)CF)sc2c(NCc3cccs3)cc(Cl)nc12.N[C@@H](CCF)Cc1sc2c(NCc3ccco3)cc(Cl)nc2c1Cl.N[C@@H](CF)Cc1sc2c(NCc3ccco3)cc(Cl)nc2c1Cl. The number of thiophene rings is 7. The van der Waals surface area contributed by atoms with E-state index in [9.17, 15) is 22.0 Å². The molecule has 15 N–H and O–H groups in total. The molecule has 15 heterocycles. The molecule has 0 fully saturated rings. The number of aromatic nitrogens is 5. The molecule has 15 aromatic rings. The van der Waals surface area contributed by atoms with Gasteiger partial charge in [0.15, 0.2) is 0 Å². The molecule has 0 saturated carbocycles. The quantitative estimate of drug-likeness (QED) is 0.0135. The maximum atomic E-state index is 12.7. The topological polar surface area (TPSA) is 294 Å². The van der Waals surface area contributed by atoms with Crippen LogP contribution in [0.25, 0.3) is 51.1 Å². The molecule has 0 radical (unpaired) electrons. The predicted octanol–water partition coefficient (Wildman–Crippen LogP) is 24.3. The lowest BCUT2D eigenvalue weighted by atomic mass is 10.1. The molecule has 0 saturated heterocycles. The second kappa shape index (κ2) is 44.9. The lowest BCUT2D eigenvalue weighted by Gasteiger charge is -2.07. The van der Waals surface area contributed by atoms with Crippen LogP contribution in [0.15, 0.2) is 134 Å². The Hall–Kier alpha value is -6.73. The van der Waals surface area contributed by atoms with Gasteiger partial charge in [-0.25, -0.2) is 33.7 Å². The van der Waals surface area contributed by atoms with Crippen molar-refractivity contribution in [2.75, 3.05) is 60.0 Å². The largest absolute Gasteiger partial charge is 0.467 e. The van der Waals surface area contributed by atoms with Crippen molar-refractivity contribution in [3.63, 3.8) is 0 Å². The van der Waals surface area contributed by atoms with Crippen LogP contribution in [0.1, 0.15) is 87.4 Å². The Bertz CT molecular complexity index is 5200. The third-order valence-electron chi connectivity index (χ3n) is 18.3. The van der Waals surface area contributed by atoms with Crippen LogP contribution >= 0.6 is 161 Å². The van der Waals surface area contributed by atoms with Crippen LogP contribution in [0, 0.1) is 20.8 Å². The highest BCUT2D eigenvalue weighted by Crippen LogP contribution is 2.45. The number of furan rings is 3. The molecule has 0 spiro atoms. The zero-order valence-electron chi connectivity index (χ0n) is 63.9. The normalized spacial score (nSPS) is 12.7. The van der Waals surface area contributed by atoms with E-state index in [2.05, 4.69) is 74.4 Å². The van der Waals surface area contributed by atoms with Crippen molar-refractivity contribution in [1.82, 2.24) is 24.9 Å². The number of pyridine rings is 5. The van der Waals surface area contributed by atoms with Gasteiger partial charge in [-0.1, -0.05) is 93.3 Å². The van der Waals surface area contributed by atoms with Crippen molar-refractivity contribution in [2.24, 2.45) is 28.7 Å².